The third kappa shape index (κ3) is 6.56. The molecule has 4 rings (SSSR count). The van der Waals surface area contributed by atoms with E-state index in [0.717, 1.165) is 66.2 Å². The van der Waals surface area contributed by atoms with Crippen LogP contribution in [0.15, 0.2) is 43.7 Å². The normalized spacial score (nSPS) is 17.1. The van der Waals surface area contributed by atoms with Gasteiger partial charge in [0.15, 0.2) is 0 Å². The first-order chi connectivity index (χ1) is 20.4. The number of nitrogens with one attached hydrogen (secondary N) is 4. The number of carboxylic acids is 2. The molecular formula is C32H38N4O6S. The van der Waals surface area contributed by atoms with Crippen LogP contribution in [0.5, 0.6) is 0 Å². The van der Waals surface area contributed by atoms with Gasteiger partial charge in [0.2, 0.25) is 0 Å². The maximum absolute atomic E-state index is 12.3. The van der Waals surface area contributed by atoms with Crippen molar-refractivity contribution in [1.82, 2.24) is 20.6 Å². The Balaban J connectivity index is 1.80. The highest BCUT2D eigenvalue weighted by molar-refractivity contribution is 7.99. The Morgan fingerprint density at radius 3 is 1.40 bits per heavy atom. The first-order valence-corrected chi connectivity index (χ1v) is 15.2. The maximum Gasteiger partial charge on any atom is 0.303 e. The van der Waals surface area contributed by atoms with E-state index in [0.29, 0.717) is 36.8 Å². The van der Waals surface area contributed by atoms with Gasteiger partial charge in [0, 0.05) is 46.8 Å². The summed E-state index contributed by atoms with van der Waals surface area (Å²) in [6.07, 6.45) is 5.62. The average molecular weight is 607 g/mol. The molecule has 11 heteroatoms. The molecule has 10 nitrogen and oxygen atoms in total. The summed E-state index contributed by atoms with van der Waals surface area (Å²) in [7, 11) is 0. The van der Waals surface area contributed by atoms with Gasteiger partial charge in [0.1, 0.15) is 0 Å². The highest BCUT2D eigenvalue weighted by Gasteiger charge is 2.26. The average Bonchev–Trinajstić information content (AvgIpc) is 3.59. The van der Waals surface area contributed by atoms with Gasteiger partial charge < -0.3 is 30.8 Å². The third-order valence-electron chi connectivity index (χ3n) is 8.16. The number of carbonyl (C=O) groups excluding carboxylic acids is 2. The molecule has 6 N–H and O–H groups in total. The second-order valence-electron chi connectivity index (χ2n) is 10.8. The molecule has 2 aliphatic heterocycles. The van der Waals surface area contributed by atoms with Crippen LogP contribution in [0, 0.1) is 13.8 Å². The Morgan fingerprint density at radius 1 is 0.698 bits per heavy atom. The quantitative estimate of drug-likeness (QED) is 0.185. The van der Waals surface area contributed by atoms with Crippen LogP contribution in [0.4, 0.5) is 0 Å². The summed E-state index contributed by atoms with van der Waals surface area (Å²) in [5, 5.41) is 26.2. The number of allylic oxidation sites excluding steroid dienone is 2. The predicted molar refractivity (Wildman–Crippen MR) is 165 cm³/mol. The van der Waals surface area contributed by atoms with Crippen molar-refractivity contribution in [1.29, 1.82) is 0 Å². The van der Waals surface area contributed by atoms with Crippen molar-refractivity contribution in [2.45, 2.75) is 90.1 Å². The van der Waals surface area contributed by atoms with E-state index < -0.39 is 11.9 Å². The van der Waals surface area contributed by atoms with Crippen LogP contribution < -0.4 is 10.6 Å². The summed E-state index contributed by atoms with van der Waals surface area (Å²) in [6.45, 7) is 11.4. The number of rotatable bonds is 12. The van der Waals surface area contributed by atoms with Crippen molar-refractivity contribution in [3.05, 3.63) is 67.3 Å². The number of aliphatic carboxylic acids is 2. The highest BCUT2D eigenvalue weighted by atomic mass is 32.2. The summed E-state index contributed by atoms with van der Waals surface area (Å²) in [5.74, 6) is -2.08. The van der Waals surface area contributed by atoms with Gasteiger partial charge in [-0.15, -0.1) is 0 Å². The fraction of sp³-hybridized carbons (Fsp3) is 0.375. The molecule has 228 valence electrons. The zero-order chi connectivity index (χ0) is 31.6. The topological polar surface area (TPSA) is 164 Å². The van der Waals surface area contributed by atoms with Crippen LogP contribution in [0.3, 0.4) is 0 Å². The van der Waals surface area contributed by atoms with Crippen LogP contribution in [-0.4, -0.2) is 43.9 Å². The number of amides is 2. The maximum atomic E-state index is 12.3. The summed E-state index contributed by atoms with van der Waals surface area (Å²) in [4.78, 5) is 54.6. The van der Waals surface area contributed by atoms with Crippen LogP contribution in [0.2, 0.25) is 0 Å². The van der Waals surface area contributed by atoms with Crippen molar-refractivity contribution in [3.8, 4) is 0 Å². The van der Waals surface area contributed by atoms with Gasteiger partial charge in [-0.2, -0.15) is 0 Å². The Kier molecular flexibility index (Phi) is 9.54. The van der Waals surface area contributed by atoms with E-state index in [9.17, 15) is 29.4 Å². The number of carbonyl (C=O) groups is 4. The Labute approximate surface area is 254 Å². The molecule has 2 amide bonds. The lowest BCUT2D eigenvalue weighted by Crippen LogP contribution is -2.15. The zero-order valence-corrected chi connectivity index (χ0v) is 26.1. The van der Waals surface area contributed by atoms with Gasteiger partial charge in [-0.25, -0.2) is 0 Å². The zero-order valence-electron chi connectivity index (χ0n) is 25.3. The molecule has 0 spiro atoms. The molecule has 4 heterocycles. The van der Waals surface area contributed by atoms with E-state index in [2.05, 4.69) is 20.6 Å². The molecule has 0 unspecified atom stereocenters. The molecule has 0 aromatic carbocycles. The van der Waals surface area contributed by atoms with E-state index in [1.54, 1.807) is 13.8 Å². The molecule has 0 fully saturated rings. The number of H-pyrrole nitrogens is 2. The van der Waals surface area contributed by atoms with Gasteiger partial charge in [0.25, 0.3) is 11.8 Å². The van der Waals surface area contributed by atoms with E-state index in [1.807, 2.05) is 39.8 Å². The molecule has 2 aliphatic rings. The first-order valence-electron chi connectivity index (χ1n) is 14.4. The van der Waals surface area contributed by atoms with Crippen molar-refractivity contribution < 1.29 is 29.4 Å². The summed E-state index contributed by atoms with van der Waals surface area (Å²) in [5.41, 5.74) is 9.63. The van der Waals surface area contributed by atoms with Gasteiger partial charge in [-0.1, -0.05) is 25.6 Å². The molecule has 2 aromatic rings. The van der Waals surface area contributed by atoms with Crippen LogP contribution in [-0.2, 0) is 32.0 Å². The lowest BCUT2D eigenvalue weighted by atomic mass is 10.0. The van der Waals surface area contributed by atoms with Gasteiger partial charge in [-0.05, 0) is 98.9 Å². The van der Waals surface area contributed by atoms with Crippen molar-refractivity contribution >= 4 is 47.7 Å². The van der Waals surface area contributed by atoms with Gasteiger partial charge >= 0.3 is 11.9 Å². The van der Waals surface area contributed by atoms with Crippen molar-refractivity contribution in [2.24, 2.45) is 0 Å². The van der Waals surface area contributed by atoms with Gasteiger partial charge in [0.05, 0.1) is 10.1 Å². The number of carboxylic acid groups (broad SMARTS) is 2. The molecule has 0 saturated heterocycles. The monoisotopic (exact) mass is 606 g/mol. The number of hydrogen-bond acceptors (Lipinski definition) is 5. The molecular weight excluding hydrogens is 568 g/mol. The Morgan fingerprint density at radius 2 is 1.07 bits per heavy atom. The van der Waals surface area contributed by atoms with E-state index in [4.69, 9.17) is 0 Å². The predicted octanol–water partition coefficient (Wildman–Crippen LogP) is 5.54. The smallest absolute Gasteiger partial charge is 0.303 e. The highest BCUT2D eigenvalue weighted by Crippen LogP contribution is 2.39. The fourth-order valence-electron chi connectivity index (χ4n) is 5.59. The lowest BCUT2D eigenvalue weighted by Gasteiger charge is -2.06. The molecule has 43 heavy (non-hydrogen) atoms. The minimum atomic E-state index is -0.910. The molecule has 0 radical (unpaired) electrons. The summed E-state index contributed by atoms with van der Waals surface area (Å²) in [6, 6.07) is 0. The molecule has 0 atom stereocenters. The molecule has 2 aromatic heterocycles. The SMILES string of the molecule is CCC1=C(C)C(=O)N/C1=C\c1[nH]c(Sc2[nH]c(/C=C3\NC(=O)C(C)=C3CC)c(C)c2CCC(=O)O)c(CCC(=O)O)c1C. The minimum absolute atomic E-state index is 0.0592. The Bertz CT molecular complexity index is 1530. The standard InChI is InChI=1S/C32H38N4O6S/c1-7-19-17(5)29(41)33-25(19)13-23-15(3)21(9-11-27(37)38)31(35-23)43-32-22(10-12-28(39)40)16(4)24(36-32)14-26-20(8-2)18(6)30(42)34-26/h13-14,35-36H,7-12H2,1-6H3,(H,33,41)(H,34,42)(H,37,38)(H,39,40)/b25-13-,26-14-. The number of aromatic amines is 2. The van der Waals surface area contributed by atoms with E-state index >= 15 is 0 Å². The third-order valence-corrected chi connectivity index (χ3v) is 9.26. The summed E-state index contributed by atoms with van der Waals surface area (Å²) < 4.78 is 0. The van der Waals surface area contributed by atoms with Crippen LogP contribution in [0.25, 0.3) is 12.2 Å². The fourth-order valence-corrected chi connectivity index (χ4v) is 6.87. The van der Waals surface area contributed by atoms with Crippen molar-refractivity contribution in [2.75, 3.05) is 0 Å². The van der Waals surface area contributed by atoms with Crippen molar-refractivity contribution in [3.63, 3.8) is 0 Å². The summed E-state index contributed by atoms with van der Waals surface area (Å²) >= 11 is 1.39. The second-order valence-corrected chi connectivity index (χ2v) is 11.8. The minimum Gasteiger partial charge on any atom is -0.481 e. The van der Waals surface area contributed by atoms with Crippen LogP contribution >= 0.6 is 11.8 Å². The molecule has 0 saturated carbocycles. The first kappa shape index (κ1) is 31.7. The Hall–Kier alpha value is -4.25. The largest absolute Gasteiger partial charge is 0.481 e. The lowest BCUT2D eigenvalue weighted by molar-refractivity contribution is -0.138. The number of aromatic nitrogens is 2. The molecule has 0 aliphatic carbocycles. The van der Waals surface area contributed by atoms with Gasteiger partial charge in [-0.3, -0.25) is 19.2 Å². The van der Waals surface area contributed by atoms with Crippen LogP contribution in [0.1, 0.15) is 87.0 Å². The van der Waals surface area contributed by atoms with E-state index in [-0.39, 0.29) is 24.7 Å². The second kappa shape index (κ2) is 12.9. The number of hydrogen-bond donors (Lipinski definition) is 6. The van der Waals surface area contributed by atoms with E-state index in [1.165, 1.54) is 11.8 Å². The molecule has 0 bridgehead atoms.